The van der Waals surface area contributed by atoms with E-state index >= 15 is 0 Å². The van der Waals surface area contributed by atoms with Crippen LogP contribution in [0.2, 0.25) is 0 Å². The Bertz CT molecular complexity index is 855. The van der Waals surface area contributed by atoms with Crippen LogP contribution in [0, 0.1) is 17.5 Å². The minimum Gasteiger partial charge on any atom is -0.393 e. The summed E-state index contributed by atoms with van der Waals surface area (Å²) in [5, 5.41) is 9.79. The Morgan fingerprint density at radius 3 is 2.62 bits per heavy atom. The number of hydrogen-bond acceptors (Lipinski definition) is 3. The van der Waals surface area contributed by atoms with E-state index in [2.05, 4.69) is 4.98 Å². The Morgan fingerprint density at radius 2 is 1.96 bits per heavy atom. The number of aliphatic hydroxyl groups is 1. The number of halogens is 3. The zero-order valence-corrected chi connectivity index (χ0v) is 14.5. The molecular formula is C19H19F3N2O2. The summed E-state index contributed by atoms with van der Waals surface area (Å²) in [5.41, 5.74) is -1.10. The smallest absolute Gasteiger partial charge is 0.275 e. The van der Waals surface area contributed by atoms with Crippen LogP contribution >= 0.6 is 0 Å². The topological polar surface area (TPSA) is 53.4 Å². The van der Waals surface area contributed by atoms with Crippen molar-refractivity contribution in [3.8, 4) is 11.1 Å². The fourth-order valence-electron chi connectivity index (χ4n) is 3.34. The van der Waals surface area contributed by atoms with Gasteiger partial charge in [-0.05, 0) is 51.0 Å². The minimum atomic E-state index is -0.905. The van der Waals surface area contributed by atoms with E-state index in [9.17, 15) is 23.1 Å². The summed E-state index contributed by atoms with van der Waals surface area (Å²) in [6.07, 6.45) is 1.43. The summed E-state index contributed by atoms with van der Waals surface area (Å²) in [5.74, 6) is -2.86. The number of aliphatic hydroxyl groups excluding tert-OH is 1. The van der Waals surface area contributed by atoms with E-state index in [0.29, 0.717) is 12.8 Å². The first-order valence-corrected chi connectivity index (χ1v) is 8.30. The van der Waals surface area contributed by atoms with E-state index in [-0.39, 0.29) is 23.4 Å². The Kier molecular flexibility index (Phi) is 4.75. The molecule has 1 saturated heterocycles. The van der Waals surface area contributed by atoms with Crippen LogP contribution in [0.1, 0.15) is 37.2 Å². The second-order valence-electron chi connectivity index (χ2n) is 7.09. The molecule has 2 aromatic rings. The SMILES string of the molecule is CC1(C)CC(O)CCN1C(=O)c1ncc(-c2cc(F)ccc2F)cc1F. The summed E-state index contributed by atoms with van der Waals surface area (Å²) in [6, 6.07) is 3.84. The first-order valence-electron chi connectivity index (χ1n) is 8.30. The minimum absolute atomic E-state index is 0.0457. The molecule has 4 nitrogen and oxygen atoms in total. The van der Waals surface area contributed by atoms with Crippen LogP contribution in [0.5, 0.6) is 0 Å². The van der Waals surface area contributed by atoms with Gasteiger partial charge in [0.15, 0.2) is 11.5 Å². The molecule has 1 aliphatic rings. The molecule has 138 valence electrons. The first-order chi connectivity index (χ1) is 12.2. The average molecular weight is 364 g/mol. The summed E-state index contributed by atoms with van der Waals surface area (Å²) in [7, 11) is 0. The number of benzene rings is 1. The van der Waals surface area contributed by atoms with Gasteiger partial charge in [0.05, 0.1) is 6.10 Å². The molecular weight excluding hydrogens is 345 g/mol. The van der Waals surface area contributed by atoms with Gasteiger partial charge in [-0.1, -0.05) is 0 Å². The maximum Gasteiger partial charge on any atom is 0.275 e. The van der Waals surface area contributed by atoms with Gasteiger partial charge in [0.1, 0.15) is 11.6 Å². The van der Waals surface area contributed by atoms with E-state index in [1.165, 1.54) is 4.90 Å². The third-order valence-corrected chi connectivity index (χ3v) is 4.68. The van der Waals surface area contributed by atoms with Crippen LogP contribution in [-0.2, 0) is 0 Å². The van der Waals surface area contributed by atoms with Crippen LogP contribution in [0.3, 0.4) is 0 Å². The summed E-state index contributed by atoms with van der Waals surface area (Å²) >= 11 is 0. The highest BCUT2D eigenvalue weighted by molar-refractivity contribution is 5.93. The number of likely N-dealkylation sites (tertiary alicyclic amines) is 1. The van der Waals surface area contributed by atoms with Gasteiger partial charge in [0, 0.05) is 29.4 Å². The molecule has 1 aromatic carbocycles. The predicted molar refractivity (Wildman–Crippen MR) is 89.9 cm³/mol. The van der Waals surface area contributed by atoms with E-state index in [1.54, 1.807) is 13.8 Å². The van der Waals surface area contributed by atoms with Crippen LogP contribution in [0.25, 0.3) is 11.1 Å². The van der Waals surface area contributed by atoms with Gasteiger partial charge in [0.2, 0.25) is 0 Å². The second kappa shape index (κ2) is 6.72. The molecule has 1 aromatic heterocycles. The van der Waals surface area contributed by atoms with E-state index in [0.717, 1.165) is 30.5 Å². The normalized spacial score (nSPS) is 19.5. The number of rotatable bonds is 2. The van der Waals surface area contributed by atoms with E-state index in [4.69, 9.17) is 0 Å². The van der Waals surface area contributed by atoms with E-state index < -0.39 is 35.0 Å². The van der Waals surface area contributed by atoms with Crippen molar-refractivity contribution in [2.24, 2.45) is 0 Å². The molecule has 7 heteroatoms. The molecule has 3 rings (SSSR count). The number of piperidine rings is 1. The third-order valence-electron chi connectivity index (χ3n) is 4.68. The van der Waals surface area contributed by atoms with E-state index in [1.807, 2.05) is 0 Å². The Morgan fingerprint density at radius 1 is 1.23 bits per heavy atom. The average Bonchev–Trinajstić information content (AvgIpc) is 2.55. The lowest BCUT2D eigenvalue weighted by molar-refractivity contribution is 0.00264. The molecule has 2 heterocycles. The first kappa shape index (κ1) is 18.4. The zero-order chi connectivity index (χ0) is 19.1. The number of amides is 1. The molecule has 26 heavy (non-hydrogen) atoms. The van der Waals surface area contributed by atoms with Gasteiger partial charge in [-0.3, -0.25) is 4.79 Å². The highest BCUT2D eigenvalue weighted by atomic mass is 19.1. The molecule has 1 fully saturated rings. The number of aromatic nitrogens is 1. The van der Waals surface area contributed by atoms with Crippen molar-refractivity contribution in [1.29, 1.82) is 0 Å². The molecule has 1 aliphatic heterocycles. The number of carbonyl (C=O) groups is 1. The van der Waals surface area contributed by atoms with Crippen molar-refractivity contribution in [3.63, 3.8) is 0 Å². The molecule has 1 unspecified atom stereocenters. The summed E-state index contributed by atoms with van der Waals surface area (Å²) < 4.78 is 41.7. The van der Waals surface area contributed by atoms with Crippen LogP contribution < -0.4 is 0 Å². The molecule has 1 N–H and O–H groups in total. The number of pyridine rings is 1. The maximum atomic E-state index is 14.5. The second-order valence-corrected chi connectivity index (χ2v) is 7.09. The highest BCUT2D eigenvalue weighted by Gasteiger charge is 2.38. The monoisotopic (exact) mass is 364 g/mol. The molecule has 0 bridgehead atoms. The molecule has 0 aliphatic carbocycles. The number of hydrogen-bond donors (Lipinski definition) is 1. The fraction of sp³-hybridized carbons (Fsp3) is 0.368. The van der Waals surface area contributed by atoms with Gasteiger partial charge >= 0.3 is 0 Å². The Labute approximate surface area is 149 Å². The Balaban J connectivity index is 1.93. The zero-order valence-electron chi connectivity index (χ0n) is 14.5. The van der Waals surface area contributed by atoms with Crippen molar-refractivity contribution < 1.29 is 23.1 Å². The van der Waals surface area contributed by atoms with Gasteiger partial charge in [-0.15, -0.1) is 0 Å². The van der Waals surface area contributed by atoms with Crippen LogP contribution in [-0.4, -0.2) is 39.1 Å². The lowest BCUT2D eigenvalue weighted by Crippen LogP contribution is -2.54. The maximum absolute atomic E-state index is 14.5. The third kappa shape index (κ3) is 3.44. The van der Waals surface area contributed by atoms with Crippen LogP contribution in [0.4, 0.5) is 13.2 Å². The molecule has 0 saturated carbocycles. The standard InChI is InChI=1S/C19H19F3N2O2/c1-19(2)9-13(25)5-6-24(19)18(26)17-16(22)7-11(10-23-17)14-8-12(20)3-4-15(14)21/h3-4,7-8,10,13,25H,5-6,9H2,1-2H3. The lowest BCUT2D eigenvalue weighted by Gasteiger charge is -2.44. The van der Waals surface area contributed by atoms with Gasteiger partial charge in [-0.2, -0.15) is 0 Å². The largest absolute Gasteiger partial charge is 0.393 e. The van der Waals surface area contributed by atoms with Crippen molar-refractivity contribution in [2.45, 2.75) is 38.3 Å². The summed E-state index contributed by atoms with van der Waals surface area (Å²) in [4.78, 5) is 18.1. The van der Waals surface area contributed by atoms with Gasteiger partial charge < -0.3 is 10.0 Å². The number of carbonyl (C=O) groups excluding carboxylic acids is 1. The van der Waals surface area contributed by atoms with Gasteiger partial charge in [0.25, 0.3) is 5.91 Å². The lowest BCUT2D eigenvalue weighted by atomic mass is 9.88. The predicted octanol–water partition coefficient (Wildman–Crippen LogP) is 3.54. The van der Waals surface area contributed by atoms with Crippen molar-refractivity contribution in [2.75, 3.05) is 6.54 Å². The molecule has 1 amide bonds. The molecule has 0 spiro atoms. The van der Waals surface area contributed by atoms with Gasteiger partial charge in [-0.25, -0.2) is 18.2 Å². The van der Waals surface area contributed by atoms with Crippen LogP contribution in [0.15, 0.2) is 30.5 Å². The number of nitrogens with zero attached hydrogens (tertiary/aromatic N) is 2. The summed E-state index contributed by atoms with van der Waals surface area (Å²) in [6.45, 7) is 3.87. The Hall–Kier alpha value is -2.41. The molecule has 0 radical (unpaired) electrons. The van der Waals surface area contributed by atoms with Crippen molar-refractivity contribution in [3.05, 3.63) is 53.6 Å². The highest BCUT2D eigenvalue weighted by Crippen LogP contribution is 2.30. The quantitative estimate of drug-likeness (QED) is 0.887. The fourth-order valence-corrected chi connectivity index (χ4v) is 3.34. The van der Waals surface area contributed by atoms with Crippen molar-refractivity contribution >= 4 is 5.91 Å². The van der Waals surface area contributed by atoms with Crippen molar-refractivity contribution in [1.82, 2.24) is 9.88 Å². The molecule has 1 atom stereocenters.